The standard InChI is InChI=1S/C24H32N2O6S/c1-3-31-24(28)22-16(2)19-15-17(11-12-21(19)32-22)33(29,30)26-14-7-5-4-6-13-25-23(27)18-9-8-10-20(18)26/h11-12,15,18,20H,3-10,13-14H2,1-2H3,(H,25,27). The molecule has 8 nitrogen and oxygen atoms in total. The zero-order valence-electron chi connectivity index (χ0n) is 19.3. The molecule has 1 aliphatic heterocycles. The fourth-order valence-corrected chi connectivity index (χ4v) is 6.79. The predicted octanol–water partition coefficient (Wildman–Crippen LogP) is 3.77. The third-order valence-corrected chi connectivity index (χ3v) is 8.69. The summed E-state index contributed by atoms with van der Waals surface area (Å²) in [5, 5.41) is 3.57. The number of carbonyl (C=O) groups excluding carboxylic acids is 2. The Morgan fingerprint density at radius 1 is 1.18 bits per heavy atom. The molecule has 0 bridgehead atoms. The Morgan fingerprint density at radius 2 is 1.97 bits per heavy atom. The van der Waals surface area contributed by atoms with Crippen molar-refractivity contribution in [1.82, 2.24) is 9.62 Å². The zero-order valence-corrected chi connectivity index (χ0v) is 20.1. The molecule has 2 atom stereocenters. The van der Waals surface area contributed by atoms with Crippen LogP contribution in [0, 0.1) is 12.8 Å². The Hall–Kier alpha value is -2.39. The van der Waals surface area contributed by atoms with Crippen molar-refractivity contribution >= 4 is 32.9 Å². The minimum absolute atomic E-state index is 0.0418. The zero-order chi connectivity index (χ0) is 23.6. The number of amides is 1. The van der Waals surface area contributed by atoms with Crippen LogP contribution in [-0.2, 0) is 19.6 Å². The van der Waals surface area contributed by atoms with Crippen LogP contribution in [0.4, 0.5) is 0 Å². The summed E-state index contributed by atoms with van der Waals surface area (Å²) in [6.07, 6.45) is 5.76. The van der Waals surface area contributed by atoms with Crippen molar-refractivity contribution in [3.05, 3.63) is 29.5 Å². The van der Waals surface area contributed by atoms with E-state index < -0.39 is 16.0 Å². The second-order valence-corrected chi connectivity index (χ2v) is 10.8. The van der Waals surface area contributed by atoms with E-state index in [1.54, 1.807) is 30.3 Å². The molecule has 2 aliphatic rings. The summed E-state index contributed by atoms with van der Waals surface area (Å²) < 4.78 is 40.0. The summed E-state index contributed by atoms with van der Waals surface area (Å²) in [6.45, 7) is 4.70. The quantitative estimate of drug-likeness (QED) is 0.674. The number of ether oxygens (including phenoxy) is 1. The van der Waals surface area contributed by atoms with E-state index in [0.29, 0.717) is 42.5 Å². The summed E-state index contributed by atoms with van der Waals surface area (Å²) >= 11 is 0. The van der Waals surface area contributed by atoms with E-state index in [1.807, 2.05) is 0 Å². The summed E-state index contributed by atoms with van der Waals surface area (Å²) in [5.41, 5.74) is 0.987. The average Bonchev–Trinajstić information content (AvgIpc) is 3.39. The monoisotopic (exact) mass is 476 g/mol. The van der Waals surface area contributed by atoms with E-state index in [0.717, 1.165) is 32.1 Å². The van der Waals surface area contributed by atoms with Crippen molar-refractivity contribution in [2.75, 3.05) is 19.7 Å². The molecule has 180 valence electrons. The van der Waals surface area contributed by atoms with E-state index in [4.69, 9.17) is 9.15 Å². The van der Waals surface area contributed by atoms with Gasteiger partial charge in [0, 0.05) is 30.1 Å². The molecule has 1 aromatic heterocycles. The van der Waals surface area contributed by atoms with Crippen LogP contribution in [0.15, 0.2) is 27.5 Å². The number of carbonyl (C=O) groups is 2. The van der Waals surface area contributed by atoms with Crippen molar-refractivity contribution in [3.8, 4) is 0 Å². The molecule has 1 saturated carbocycles. The van der Waals surface area contributed by atoms with Crippen molar-refractivity contribution in [2.45, 2.75) is 69.7 Å². The molecular weight excluding hydrogens is 444 g/mol. The number of nitrogens with one attached hydrogen (secondary N) is 1. The highest BCUT2D eigenvalue weighted by molar-refractivity contribution is 7.89. The van der Waals surface area contributed by atoms with Crippen LogP contribution in [-0.4, -0.2) is 50.3 Å². The topological polar surface area (TPSA) is 106 Å². The largest absolute Gasteiger partial charge is 0.460 e. The Kier molecular flexibility index (Phi) is 7.09. The summed E-state index contributed by atoms with van der Waals surface area (Å²) in [5.74, 6) is -0.848. The smallest absolute Gasteiger partial charge is 0.374 e. The maximum Gasteiger partial charge on any atom is 0.374 e. The molecule has 33 heavy (non-hydrogen) atoms. The van der Waals surface area contributed by atoms with E-state index >= 15 is 0 Å². The highest BCUT2D eigenvalue weighted by Crippen LogP contribution is 2.36. The molecule has 1 saturated heterocycles. The minimum atomic E-state index is -3.85. The van der Waals surface area contributed by atoms with Crippen LogP contribution >= 0.6 is 0 Å². The fourth-order valence-electron chi connectivity index (χ4n) is 5.03. The van der Waals surface area contributed by atoms with Crippen molar-refractivity contribution in [3.63, 3.8) is 0 Å². The van der Waals surface area contributed by atoms with Gasteiger partial charge in [-0.1, -0.05) is 19.3 Å². The summed E-state index contributed by atoms with van der Waals surface area (Å²) in [7, 11) is -3.85. The normalized spacial score (nSPS) is 23.0. The second kappa shape index (κ2) is 9.85. The number of hydrogen-bond donors (Lipinski definition) is 1. The number of furan rings is 1. The Balaban J connectivity index is 1.72. The molecule has 2 unspecified atom stereocenters. The highest BCUT2D eigenvalue weighted by Gasteiger charge is 2.42. The Labute approximate surface area is 194 Å². The highest BCUT2D eigenvalue weighted by atomic mass is 32.2. The molecule has 2 fully saturated rings. The molecule has 9 heteroatoms. The molecule has 2 aromatic rings. The number of esters is 1. The van der Waals surface area contributed by atoms with Gasteiger partial charge in [-0.3, -0.25) is 4.79 Å². The van der Waals surface area contributed by atoms with Crippen LogP contribution in [0.25, 0.3) is 11.0 Å². The van der Waals surface area contributed by atoms with Gasteiger partial charge in [0.2, 0.25) is 21.7 Å². The third-order valence-electron chi connectivity index (χ3n) is 6.77. The molecule has 4 rings (SSSR count). The molecule has 1 N–H and O–H groups in total. The SMILES string of the molecule is CCOC(=O)c1oc2ccc(S(=O)(=O)N3CCCCCCNC(=O)C4CCCC43)cc2c1C. The van der Waals surface area contributed by atoms with Gasteiger partial charge >= 0.3 is 5.97 Å². The van der Waals surface area contributed by atoms with E-state index in [2.05, 4.69) is 5.32 Å². The summed E-state index contributed by atoms with van der Waals surface area (Å²) in [6, 6.07) is 4.33. The molecule has 1 aromatic carbocycles. The number of benzene rings is 1. The number of nitrogens with zero attached hydrogens (tertiary/aromatic N) is 1. The van der Waals surface area contributed by atoms with Gasteiger partial charge in [-0.25, -0.2) is 13.2 Å². The van der Waals surface area contributed by atoms with Gasteiger partial charge < -0.3 is 14.5 Å². The Morgan fingerprint density at radius 3 is 2.76 bits per heavy atom. The van der Waals surface area contributed by atoms with Gasteiger partial charge in [0.1, 0.15) is 5.58 Å². The number of aryl methyl sites for hydroxylation is 1. The molecular formula is C24H32N2O6S. The lowest BCUT2D eigenvalue weighted by atomic mass is 10.0. The average molecular weight is 477 g/mol. The van der Waals surface area contributed by atoms with E-state index in [-0.39, 0.29) is 35.1 Å². The third kappa shape index (κ3) is 4.66. The van der Waals surface area contributed by atoms with Crippen molar-refractivity contribution < 1.29 is 27.2 Å². The lowest BCUT2D eigenvalue weighted by Crippen LogP contribution is -2.47. The van der Waals surface area contributed by atoms with Gasteiger partial charge in [0.25, 0.3) is 0 Å². The lowest BCUT2D eigenvalue weighted by molar-refractivity contribution is -0.125. The van der Waals surface area contributed by atoms with Crippen LogP contribution < -0.4 is 5.32 Å². The minimum Gasteiger partial charge on any atom is -0.460 e. The van der Waals surface area contributed by atoms with Gasteiger partial charge in [-0.15, -0.1) is 0 Å². The lowest BCUT2D eigenvalue weighted by Gasteiger charge is -2.31. The van der Waals surface area contributed by atoms with Gasteiger partial charge in [0.15, 0.2) is 0 Å². The Bertz CT molecular complexity index is 1140. The molecule has 1 aliphatic carbocycles. The first-order chi connectivity index (χ1) is 15.8. The van der Waals surface area contributed by atoms with Gasteiger partial charge in [-0.2, -0.15) is 4.31 Å². The van der Waals surface area contributed by atoms with Crippen LogP contribution in [0.5, 0.6) is 0 Å². The molecule has 1 amide bonds. The van der Waals surface area contributed by atoms with Crippen LogP contribution in [0.1, 0.15) is 68.0 Å². The number of fused-ring (bicyclic) bond motifs is 2. The maximum absolute atomic E-state index is 13.9. The van der Waals surface area contributed by atoms with Gasteiger partial charge in [-0.05, 0) is 57.7 Å². The number of hydrogen-bond acceptors (Lipinski definition) is 6. The van der Waals surface area contributed by atoms with Crippen LogP contribution in [0.2, 0.25) is 0 Å². The van der Waals surface area contributed by atoms with Crippen molar-refractivity contribution in [1.29, 1.82) is 0 Å². The first kappa shape index (κ1) is 23.8. The predicted molar refractivity (Wildman–Crippen MR) is 123 cm³/mol. The molecule has 0 radical (unpaired) electrons. The first-order valence-electron chi connectivity index (χ1n) is 11.8. The van der Waals surface area contributed by atoms with Crippen molar-refractivity contribution in [2.24, 2.45) is 5.92 Å². The second-order valence-electron chi connectivity index (χ2n) is 8.86. The van der Waals surface area contributed by atoms with E-state index in [9.17, 15) is 18.0 Å². The first-order valence-corrected chi connectivity index (χ1v) is 13.3. The number of sulfonamides is 1. The van der Waals surface area contributed by atoms with Crippen LogP contribution in [0.3, 0.4) is 0 Å². The fraction of sp³-hybridized carbons (Fsp3) is 0.583. The number of rotatable bonds is 4. The van der Waals surface area contributed by atoms with E-state index in [1.165, 1.54) is 6.07 Å². The summed E-state index contributed by atoms with van der Waals surface area (Å²) in [4.78, 5) is 25.1. The molecule has 0 spiro atoms. The molecule has 2 heterocycles. The maximum atomic E-state index is 13.9. The van der Waals surface area contributed by atoms with Gasteiger partial charge in [0.05, 0.1) is 17.4 Å².